The van der Waals surface area contributed by atoms with Gasteiger partial charge in [0.1, 0.15) is 36.2 Å². The number of nitrogens with one attached hydrogen (secondary N) is 3. The smallest absolute Gasteiger partial charge is 0.418 e. The summed E-state index contributed by atoms with van der Waals surface area (Å²) in [6, 6.07) is 9.38. The number of amides is 4. The first kappa shape index (κ1) is 93.7. The van der Waals surface area contributed by atoms with Gasteiger partial charge in [-0.3, -0.25) is 42.0 Å². The van der Waals surface area contributed by atoms with Crippen LogP contribution in [0.2, 0.25) is 0 Å². The Morgan fingerprint density at radius 3 is 1.23 bits per heavy atom. The minimum atomic E-state index is -4.61. The van der Waals surface area contributed by atoms with Crippen LogP contribution in [0.5, 0.6) is 23.0 Å². The maximum Gasteiger partial charge on any atom is 0.418 e. The molecule has 4 atom stereocenters. The number of phenolic OH excluding ortho intramolecular Hbond substituents is 2. The number of unbranched alkanes of at least 4 members (excludes halogenated alkanes) is 4. The molecule has 0 radical (unpaired) electrons. The quantitative estimate of drug-likeness (QED) is 0.00643. The molecule has 0 aromatic heterocycles. The summed E-state index contributed by atoms with van der Waals surface area (Å²) in [7, 11) is -18.2. The summed E-state index contributed by atoms with van der Waals surface area (Å²) in [4.78, 5) is 47.2. The molecule has 4 aromatic carbocycles. The first-order valence-electron chi connectivity index (χ1n) is 36.4. The molecule has 1 fully saturated rings. The molecule has 0 bridgehead atoms. The number of carbonyl (C=O) groups excluding carboxylic acids is 4. The van der Waals surface area contributed by atoms with Gasteiger partial charge in [-0.2, -0.15) is 38.6 Å². The molecule has 4 aromatic rings. The number of aryl methyl sites for hydroxylation is 4. The Labute approximate surface area is 635 Å². The SMILES string of the molecule is CCCCC(C)C(CCCCC(=O)N1C(=O)[CH+]CC1=O)C(C)CCCC.CCc1cc(S(=O)(=O)O)cc(Cc2cc(S(=O)(=O)O)cc(C)c2O)c1OCCN.CCc1cc(S(=O)(=O)O)cc(Cc2cc(S(=O)(=O)O)cc(C)c2O)c1OCCNC(=O)CCCCC(C(C)CCCNS)C(C)CCCNS. The van der Waals surface area contributed by atoms with Crippen molar-refractivity contribution in [3.63, 3.8) is 0 Å². The maximum absolute atomic E-state index is 12.7. The van der Waals surface area contributed by atoms with Gasteiger partial charge in [0.05, 0.1) is 26.1 Å². The minimum Gasteiger partial charge on any atom is -0.507 e. The van der Waals surface area contributed by atoms with E-state index in [0.29, 0.717) is 83.6 Å². The molecule has 1 aliphatic rings. The second-order valence-electron chi connectivity index (χ2n) is 27.4. The number of nitrogens with two attached hydrogens (primary N) is 1. The number of hydrogen-bond donors (Lipinski definition) is 12. The summed E-state index contributed by atoms with van der Waals surface area (Å²) in [5, 5.41) is 23.9. The third-order valence-electron chi connectivity index (χ3n) is 19.3. The number of hydrogen-bond acceptors (Lipinski definition) is 21. The Morgan fingerprint density at radius 2 is 0.876 bits per heavy atom. The van der Waals surface area contributed by atoms with Crippen LogP contribution in [0.4, 0.5) is 0 Å². The van der Waals surface area contributed by atoms with Gasteiger partial charge < -0.3 is 30.7 Å². The summed E-state index contributed by atoms with van der Waals surface area (Å²) in [5.74, 6) is 2.73. The summed E-state index contributed by atoms with van der Waals surface area (Å²) < 4.78 is 150. The van der Waals surface area contributed by atoms with E-state index in [-0.39, 0.29) is 118 Å². The average molecular weight is 1590 g/mol. The second kappa shape index (κ2) is 46.1. The molecule has 4 unspecified atom stereocenters. The number of ether oxygens (including phenoxy) is 2. The van der Waals surface area contributed by atoms with Crippen LogP contribution in [0.1, 0.15) is 222 Å². The fraction of sp³-hybridized carbons (Fsp3) is 0.608. The molecular weight excluding hydrogens is 1470 g/mol. The predicted octanol–water partition coefficient (Wildman–Crippen LogP) is 12.7. The van der Waals surface area contributed by atoms with E-state index in [9.17, 15) is 81.3 Å². The van der Waals surface area contributed by atoms with Crippen molar-refractivity contribution in [1.82, 2.24) is 19.7 Å². The highest BCUT2D eigenvalue weighted by Crippen LogP contribution is 2.39. The molecule has 4 amide bonds. The lowest BCUT2D eigenvalue weighted by Gasteiger charge is -2.30. The fourth-order valence-corrected chi connectivity index (χ4v) is 16.2. The van der Waals surface area contributed by atoms with Crippen molar-refractivity contribution in [2.75, 3.05) is 39.4 Å². The lowest BCUT2D eigenvalue weighted by atomic mass is 9.76. The number of nitrogens with zero attached hydrogens (tertiary/aromatic N) is 1. The molecule has 0 spiro atoms. The van der Waals surface area contributed by atoms with E-state index in [1.807, 2.05) is 0 Å². The zero-order chi connectivity index (χ0) is 79.0. The van der Waals surface area contributed by atoms with Crippen LogP contribution in [-0.4, -0.2) is 130 Å². The maximum atomic E-state index is 12.7. The van der Waals surface area contributed by atoms with Gasteiger partial charge in [-0.05, 0) is 184 Å². The van der Waals surface area contributed by atoms with E-state index < -0.39 is 56.2 Å². The number of phenols is 2. The Morgan fingerprint density at radius 1 is 0.514 bits per heavy atom. The van der Waals surface area contributed by atoms with E-state index in [1.165, 1.54) is 83.1 Å². The van der Waals surface area contributed by atoms with Crippen LogP contribution in [0, 0.1) is 55.8 Å². The highest BCUT2D eigenvalue weighted by molar-refractivity contribution is 7.86. The van der Waals surface area contributed by atoms with Gasteiger partial charge in [-0.1, -0.05) is 132 Å². The van der Waals surface area contributed by atoms with E-state index in [2.05, 4.69) is 81.9 Å². The van der Waals surface area contributed by atoms with Crippen molar-refractivity contribution in [2.24, 2.45) is 41.2 Å². The second-order valence-corrected chi connectivity index (χ2v) is 33.7. The predicted molar refractivity (Wildman–Crippen MR) is 413 cm³/mol. The molecule has 5 rings (SSSR count). The average Bonchev–Trinajstić information content (AvgIpc) is 1.41. The van der Waals surface area contributed by atoms with Gasteiger partial charge in [-0.25, -0.2) is 4.79 Å². The summed E-state index contributed by atoms with van der Waals surface area (Å²) in [5.41, 5.74) is 7.60. The Balaban J connectivity index is 0.000000442. The normalized spacial score (nSPS) is 14.4. The van der Waals surface area contributed by atoms with Gasteiger partial charge in [0.25, 0.3) is 46.4 Å². The van der Waals surface area contributed by atoms with Gasteiger partial charge >= 0.3 is 5.91 Å². The Kier molecular flexibility index (Phi) is 41.1. The lowest BCUT2D eigenvalue weighted by Crippen LogP contribution is -2.35. The molecule has 0 saturated carbocycles. The fourth-order valence-electron chi connectivity index (χ4n) is 13.5. The molecule has 105 heavy (non-hydrogen) atoms. The molecule has 0 aliphatic carbocycles. The van der Waals surface area contributed by atoms with Crippen LogP contribution < -0.4 is 30.0 Å². The molecule has 1 saturated heterocycles. The van der Waals surface area contributed by atoms with Crippen molar-refractivity contribution in [3.8, 4) is 23.0 Å². The van der Waals surface area contributed by atoms with Crippen molar-refractivity contribution in [1.29, 1.82) is 0 Å². The Hall–Kier alpha value is -5.55. The van der Waals surface area contributed by atoms with E-state index in [0.717, 1.165) is 106 Å². The zero-order valence-corrected chi connectivity index (χ0v) is 67.7. The zero-order valence-electron chi connectivity index (χ0n) is 62.6. The van der Waals surface area contributed by atoms with Crippen LogP contribution in [-0.2, 0) is 85.3 Å². The van der Waals surface area contributed by atoms with Crippen LogP contribution in [0.15, 0.2) is 68.1 Å². The van der Waals surface area contributed by atoms with Crippen molar-refractivity contribution in [2.45, 2.75) is 236 Å². The van der Waals surface area contributed by atoms with Crippen molar-refractivity contribution >= 4 is 89.7 Å². The number of imide groups is 3. The van der Waals surface area contributed by atoms with Crippen molar-refractivity contribution in [3.05, 3.63) is 99.5 Å². The van der Waals surface area contributed by atoms with Crippen LogP contribution in [0.25, 0.3) is 0 Å². The van der Waals surface area contributed by atoms with Gasteiger partial charge in [0.15, 0.2) is 12.8 Å². The van der Waals surface area contributed by atoms with E-state index in [4.69, 9.17) is 15.2 Å². The molecular formula is C74H116N5O20S6+. The number of thiol groups is 2. The number of benzene rings is 4. The van der Waals surface area contributed by atoms with Crippen LogP contribution in [0.3, 0.4) is 0 Å². The molecule has 11 N–H and O–H groups in total. The third-order valence-corrected chi connectivity index (χ3v) is 23.0. The highest BCUT2D eigenvalue weighted by atomic mass is 32.2. The first-order chi connectivity index (χ1) is 49.3. The van der Waals surface area contributed by atoms with Crippen molar-refractivity contribution < 1.29 is 90.7 Å². The number of likely N-dealkylation sites (tertiary alicyclic amines) is 1. The number of rotatable bonds is 45. The number of aromatic hydroxyl groups is 2. The highest BCUT2D eigenvalue weighted by Gasteiger charge is 2.42. The number of carbonyl (C=O) groups is 4. The topological polar surface area (TPSA) is 410 Å². The summed E-state index contributed by atoms with van der Waals surface area (Å²) >= 11 is 8.20. The van der Waals surface area contributed by atoms with E-state index in [1.54, 1.807) is 13.8 Å². The standard InChI is InChI=1S/C34H55N3O9S4.C22H38NO3.C18H23NO8S2/c1-5-26-20-30(50(43,44)45)22-28(19-27-21-29(49(40,41)42)18-25(4)33(27)39)34(26)46-17-16-35-32(38)13-7-6-12-31(23(2)10-8-14-36-47)24(3)11-9-15-37-48;1-5-7-11-17(3)19(18(4)12-8-6-2)13-9-10-14-20(24)23-21(25)15-16-22(23)26;1-3-12-8-16(29(24,25)26)10-14(18(12)27-5-4-19)7-13-9-15(28(21,22)23)6-11(2)17(13)20/h18,20-24,31,36-37,39,47-48H,5-17,19H2,1-4H3,(H,35,38)(H,40,41,42)(H,43,44,45);15,17-19H,5-14,16H2,1-4H3;6,8-10,20H,3-5,7,19H2,1-2H3,(H,21,22,23)(H,24,25,26)/q;+1;. The lowest BCUT2D eigenvalue weighted by molar-refractivity contribution is -0.149. The summed E-state index contributed by atoms with van der Waals surface area (Å²) in [6.45, 7) is 22.6. The monoisotopic (exact) mass is 1590 g/mol. The minimum absolute atomic E-state index is 0.0480. The molecule has 592 valence electrons. The third kappa shape index (κ3) is 31.5. The van der Waals surface area contributed by atoms with Crippen LogP contribution >= 0.6 is 25.6 Å². The van der Waals surface area contributed by atoms with Gasteiger partial charge in [-0.15, -0.1) is 0 Å². The summed E-state index contributed by atoms with van der Waals surface area (Å²) in [6.07, 6.45) is 20.0. The molecule has 31 heteroatoms. The first-order valence-corrected chi connectivity index (χ1v) is 43.0. The largest absolute Gasteiger partial charge is 0.507 e. The molecule has 1 heterocycles. The molecule has 25 nitrogen and oxygen atoms in total. The van der Waals surface area contributed by atoms with Gasteiger partial charge in [0.2, 0.25) is 11.8 Å². The Bertz CT molecular complexity index is 3890. The van der Waals surface area contributed by atoms with Gasteiger partial charge in [0, 0.05) is 67.6 Å². The molecule has 1 aliphatic heterocycles. The van der Waals surface area contributed by atoms with E-state index >= 15 is 0 Å².